The maximum Gasteiger partial charge on any atom is 0.269 e. The van der Waals surface area contributed by atoms with Gasteiger partial charge >= 0.3 is 0 Å². The van der Waals surface area contributed by atoms with Crippen molar-refractivity contribution in [2.45, 2.75) is 19.8 Å². The molecule has 0 radical (unpaired) electrons. The molecule has 18 heavy (non-hydrogen) atoms. The lowest BCUT2D eigenvalue weighted by molar-refractivity contribution is -0.384. The molecule has 2 aromatic rings. The molecule has 1 aromatic carbocycles. The van der Waals surface area contributed by atoms with Crippen molar-refractivity contribution >= 4 is 18.1 Å². The Labute approximate surface area is 110 Å². The largest absolute Gasteiger partial charge is 0.269 e. The van der Waals surface area contributed by atoms with Gasteiger partial charge in [0.15, 0.2) is 5.82 Å². The number of H-pyrrole nitrogens is 1. The van der Waals surface area contributed by atoms with Crippen LogP contribution in [0.4, 0.5) is 5.69 Å². The Kier molecular flexibility index (Phi) is 4.79. The molecule has 0 atom stereocenters. The number of nitrogens with one attached hydrogen (secondary N) is 1. The summed E-state index contributed by atoms with van der Waals surface area (Å²) in [7, 11) is 0. The van der Waals surface area contributed by atoms with Crippen LogP contribution in [-0.2, 0) is 6.42 Å². The Morgan fingerprint density at radius 1 is 1.33 bits per heavy atom. The topological polar surface area (TPSA) is 84.7 Å². The number of halogens is 1. The minimum Gasteiger partial charge on any atom is -0.263 e. The van der Waals surface area contributed by atoms with Crippen molar-refractivity contribution < 1.29 is 4.92 Å². The zero-order valence-corrected chi connectivity index (χ0v) is 10.6. The molecule has 0 bridgehead atoms. The lowest BCUT2D eigenvalue weighted by atomic mass is 10.2. The molecule has 1 N–H and O–H groups in total. The molecular weight excluding hydrogens is 256 g/mol. The monoisotopic (exact) mass is 268 g/mol. The average Bonchev–Trinajstić information content (AvgIpc) is 2.78. The summed E-state index contributed by atoms with van der Waals surface area (Å²) in [4.78, 5) is 14.4. The van der Waals surface area contributed by atoms with Gasteiger partial charge in [0, 0.05) is 24.1 Å². The minimum atomic E-state index is -0.426. The van der Waals surface area contributed by atoms with E-state index in [4.69, 9.17) is 0 Å². The third kappa shape index (κ3) is 3.04. The molecule has 0 aliphatic carbocycles. The molecule has 0 spiro atoms. The number of aromatic amines is 1. The lowest BCUT2D eigenvalue weighted by Gasteiger charge is -1.94. The molecule has 0 saturated carbocycles. The maximum absolute atomic E-state index is 10.5. The van der Waals surface area contributed by atoms with Gasteiger partial charge in [-0.2, -0.15) is 5.10 Å². The van der Waals surface area contributed by atoms with Crippen molar-refractivity contribution in [1.82, 2.24) is 15.2 Å². The first-order chi connectivity index (χ1) is 8.20. The fourth-order valence-electron chi connectivity index (χ4n) is 1.51. The second kappa shape index (κ2) is 6.11. The number of hydrogen-bond acceptors (Lipinski definition) is 4. The molecule has 6 nitrogen and oxygen atoms in total. The molecule has 0 aliphatic heterocycles. The van der Waals surface area contributed by atoms with Crippen LogP contribution in [0.5, 0.6) is 0 Å². The summed E-state index contributed by atoms with van der Waals surface area (Å²) in [5.74, 6) is 1.41. The number of nitro benzene ring substituents is 1. The highest BCUT2D eigenvalue weighted by Crippen LogP contribution is 2.19. The maximum atomic E-state index is 10.5. The summed E-state index contributed by atoms with van der Waals surface area (Å²) in [6.07, 6.45) is 1.84. The first-order valence-electron chi connectivity index (χ1n) is 5.37. The number of aromatic nitrogens is 3. The van der Waals surface area contributed by atoms with E-state index in [9.17, 15) is 10.1 Å². The predicted octanol–water partition coefficient (Wildman–Crippen LogP) is 2.75. The van der Waals surface area contributed by atoms with Crippen LogP contribution >= 0.6 is 12.4 Å². The van der Waals surface area contributed by atoms with Gasteiger partial charge in [0.25, 0.3) is 5.69 Å². The predicted molar refractivity (Wildman–Crippen MR) is 69.7 cm³/mol. The van der Waals surface area contributed by atoms with Crippen LogP contribution in [0.3, 0.4) is 0 Å². The standard InChI is InChI=1S/C11H12N4O2.ClH/c1-2-3-10-12-11(14-13-10)8-4-6-9(7-5-8)15(16)17;/h4-7H,2-3H2,1H3,(H,12,13,14);1H. The van der Waals surface area contributed by atoms with E-state index in [0.717, 1.165) is 24.2 Å². The van der Waals surface area contributed by atoms with E-state index in [1.165, 1.54) is 12.1 Å². The first-order valence-corrected chi connectivity index (χ1v) is 5.37. The summed E-state index contributed by atoms with van der Waals surface area (Å²) in [6, 6.07) is 6.20. The van der Waals surface area contributed by atoms with E-state index in [-0.39, 0.29) is 18.1 Å². The fraction of sp³-hybridized carbons (Fsp3) is 0.273. The van der Waals surface area contributed by atoms with E-state index < -0.39 is 4.92 Å². The number of aryl methyl sites for hydroxylation is 1. The van der Waals surface area contributed by atoms with Gasteiger partial charge in [0.05, 0.1) is 4.92 Å². The molecule has 1 heterocycles. The van der Waals surface area contributed by atoms with Crippen LogP contribution in [-0.4, -0.2) is 20.1 Å². The quantitative estimate of drug-likeness (QED) is 0.682. The highest BCUT2D eigenvalue weighted by molar-refractivity contribution is 5.85. The van der Waals surface area contributed by atoms with Gasteiger partial charge in [0.1, 0.15) is 5.82 Å². The van der Waals surface area contributed by atoms with Crippen molar-refractivity contribution in [2.75, 3.05) is 0 Å². The Hall–Kier alpha value is -1.95. The molecule has 0 fully saturated rings. The van der Waals surface area contributed by atoms with Crippen LogP contribution in [0.1, 0.15) is 19.2 Å². The van der Waals surface area contributed by atoms with Gasteiger partial charge in [-0.3, -0.25) is 15.2 Å². The van der Waals surface area contributed by atoms with E-state index in [2.05, 4.69) is 22.1 Å². The first kappa shape index (κ1) is 14.1. The Bertz CT molecular complexity index is 524. The van der Waals surface area contributed by atoms with Crippen molar-refractivity contribution in [3.63, 3.8) is 0 Å². The summed E-state index contributed by atoms with van der Waals surface area (Å²) < 4.78 is 0. The van der Waals surface area contributed by atoms with Crippen LogP contribution in [0.2, 0.25) is 0 Å². The van der Waals surface area contributed by atoms with Gasteiger partial charge in [-0.25, -0.2) is 4.98 Å². The Morgan fingerprint density at radius 2 is 2.00 bits per heavy atom. The third-order valence-corrected chi connectivity index (χ3v) is 2.35. The molecule has 7 heteroatoms. The fourth-order valence-corrected chi connectivity index (χ4v) is 1.51. The zero-order chi connectivity index (χ0) is 12.3. The van der Waals surface area contributed by atoms with Gasteiger partial charge in [-0.15, -0.1) is 12.4 Å². The average molecular weight is 269 g/mol. The summed E-state index contributed by atoms with van der Waals surface area (Å²) >= 11 is 0. The SMILES string of the molecule is CCCc1nc(-c2ccc([N+](=O)[O-])cc2)n[nH]1.Cl. The van der Waals surface area contributed by atoms with Crippen LogP contribution < -0.4 is 0 Å². The second-order valence-corrected chi connectivity index (χ2v) is 3.66. The number of rotatable bonds is 4. The highest BCUT2D eigenvalue weighted by Gasteiger charge is 2.08. The Balaban J connectivity index is 0.00000162. The van der Waals surface area contributed by atoms with Gasteiger partial charge in [0.2, 0.25) is 0 Å². The van der Waals surface area contributed by atoms with Gasteiger partial charge < -0.3 is 0 Å². The lowest BCUT2D eigenvalue weighted by Crippen LogP contribution is -1.88. The van der Waals surface area contributed by atoms with E-state index in [0.29, 0.717) is 5.82 Å². The second-order valence-electron chi connectivity index (χ2n) is 3.66. The van der Waals surface area contributed by atoms with E-state index in [1.807, 2.05) is 0 Å². The minimum absolute atomic E-state index is 0. The molecule has 96 valence electrons. The van der Waals surface area contributed by atoms with Crippen LogP contribution in [0, 0.1) is 10.1 Å². The molecule has 0 unspecified atom stereocenters. The highest BCUT2D eigenvalue weighted by atomic mass is 35.5. The number of hydrogen-bond donors (Lipinski definition) is 1. The summed E-state index contributed by atoms with van der Waals surface area (Å²) in [5.41, 5.74) is 0.840. The van der Waals surface area contributed by atoms with Crippen molar-refractivity contribution in [3.8, 4) is 11.4 Å². The van der Waals surface area contributed by atoms with Gasteiger partial charge in [-0.1, -0.05) is 6.92 Å². The normalized spacial score (nSPS) is 9.83. The molecule has 0 saturated heterocycles. The summed E-state index contributed by atoms with van der Waals surface area (Å²) in [6.45, 7) is 2.06. The van der Waals surface area contributed by atoms with E-state index >= 15 is 0 Å². The van der Waals surface area contributed by atoms with Crippen LogP contribution in [0.15, 0.2) is 24.3 Å². The molecule has 2 rings (SSSR count). The van der Waals surface area contributed by atoms with E-state index in [1.54, 1.807) is 12.1 Å². The Morgan fingerprint density at radius 3 is 2.56 bits per heavy atom. The van der Waals surface area contributed by atoms with Crippen molar-refractivity contribution in [3.05, 3.63) is 40.2 Å². The third-order valence-electron chi connectivity index (χ3n) is 2.35. The summed E-state index contributed by atoms with van der Waals surface area (Å²) in [5, 5.41) is 17.4. The smallest absolute Gasteiger partial charge is 0.263 e. The molecule has 1 aromatic heterocycles. The van der Waals surface area contributed by atoms with Crippen molar-refractivity contribution in [2.24, 2.45) is 0 Å². The van der Waals surface area contributed by atoms with Gasteiger partial charge in [-0.05, 0) is 18.6 Å². The number of nitrogens with zero attached hydrogens (tertiary/aromatic N) is 3. The molecular formula is C11H13ClN4O2. The number of nitro groups is 1. The number of benzene rings is 1. The van der Waals surface area contributed by atoms with Crippen molar-refractivity contribution in [1.29, 1.82) is 0 Å². The zero-order valence-electron chi connectivity index (χ0n) is 9.79. The number of non-ortho nitro benzene ring substituents is 1. The van der Waals surface area contributed by atoms with Crippen LogP contribution in [0.25, 0.3) is 11.4 Å². The molecule has 0 aliphatic rings. The molecule has 0 amide bonds.